The first kappa shape index (κ1) is 14.8. The summed E-state index contributed by atoms with van der Waals surface area (Å²) in [6.45, 7) is 3.99. The Morgan fingerprint density at radius 3 is 2.81 bits per heavy atom. The number of pyridine rings is 2. The molecule has 3 N–H and O–H groups in total. The first-order valence-electron chi connectivity index (χ1n) is 6.72. The minimum absolute atomic E-state index is 0.0848. The van der Waals surface area contributed by atoms with Gasteiger partial charge in [0.1, 0.15) is 0 Å². The molecule has 0 aromatic carbocycles. The number of hydrogen-bond donors (Lipinski definition) is 2. The van der Waals surface area contributed by atoms with Crippen molar-refractivity contribution < 1.29 is 9.53 Å². The number of hydrogen-bond acceptors (Lipinski definition) is 6. The molecule has 6 nitrogen and oxygen atoms in total. The summed E-state index contributed by atoms with van der Waals surface area (Å²) >= 11 is 0. The number of esters is 1. The molecule has 110 valence electrons. The van der Waals surface area contributed by atoms with Gasteiger partial charge in [-0.3, -0.25) is 4.98 Å². The summed E-state index contributed by atoms with van der Waals surface area (Å²) in [6.07, 6.45) is 3.25. The van der Waals surface area contributed by atoms with Crippen molar-refractivity contribution in [2.45, 2.75) is 19.9 Å². The van der Waals surface area contributed by atoms with Crippen LogP contribution in [0.2, 0.25) is 0 Å². The van der Waals surface area contributed by atoms with Crippen molar-refractivity contribution in [1.82, 2.24) is 9.97 Å². The van der Waals surface area contributed by atoms with E-state index < -0.39 is 5.97 Å². The lowest BCUT2D eigenvalue weighted by atomic mass is 10.2. The third kappa shape index (κ3) is 3.47. The summed E-state index contributed by atoms with van der Waals surface area (Å²) in [5.41, 5.74) is 7.44. The highest BCUT2D eigenvalue weighted by atomic mass is 16.5. The summed E-state index contributed by atoms with van der Waals surface area (Å²) in [5, 5.41) is 3.16. The van der Waals surface area contributed by atoms with Crippen molar-refractivity contribution in [2.75, 3.05) is 17.7 Å². The molecule has 0 aliphatic rings. The fraction of sp³-hybridized carbons (Fsp3) is 0.267. The van der Waals surface area contributed by atoms with E-state index in [2.05, 4.69) is 15.3 Å². The molecule has 0 saturated carbocycles. The number of carbonyl (C=O) groups is 1. The van der Waals surface area contributed by atoms with Crippen LogP contribution in [0.25, 0.3) is 0 Å². The largest absolute Gasteiger partial charge is 0.462 e. The van der Waals surface area contributed by atoms with Gasteiger partial charge in [0, 0.05) is 12.4 Å². The predicted molar refractivity (Wildman–Crippen MR) is 80.9 cm³/mol. The highest BCUT2D eigenvalue weighted by Crippen LogP contribution is 2.24. The molecule has 1 unspecified atom stereocenters. The molecule has 6 heteroatoms. The maximum Gasteiger partial charge on any atom is 0.340 e. The summed E-state index contributed by atoms with van der Waals surface area (Å²) in [7, 11) is 0. The van der Waals surface area contributed by atoms with E-state index in [0.29, 0.717) is 18.0 Å². The van der Waals surface area contributed by atoms with Crippen molar-refractivity contribution in [3.05, 3.63) is 47.9 Å². The smallest absolute Gasteiger partial charge is 0.340 e. The molecule has 0 aliphatic heterocycles. The number of nitrogens with one attached hydrogen (secondary N) is 1. The number of anilines is 2. The molecule has 0 fully saturated rings. The second-order valence-electron chi connectivity index (χ2n) is 4.46. The standard InChI is InChI=1S/C15H18N4O2/c1-3-21-15(20)11-7-9-18-14(13(11)16)19-10(2)12-6-4-5-8-17-12/h4-10H,3,16H2,1-2H3,(H,18,19). The van der Waals surface area contributed by atoms with Crippen molar-refractivity contribution in [1.29, 1.82) is 0 Å². The molecule has 2 aromatic heterocycles. The zero-order valence-corrected chi connectivity index (χ0v) is 12.0. The zero-order chi connectivity index (χ0) is 15.2. The molecule has 0 aliphatic carbocycles. The minimum Gasteiger partial charge on any atom is -0.462 e. The Bertz CT molecular complexity index is 616. The second-order valence-corrected chi connectivity index (χ2v) is 4.46. The van der Waals surface area contributed by atoms with E-state index in [1.54, 1.807) is 19.2 Å². The molecule has 2 rings (SSSR count). The first-order chi connectivity index (χ1) is 10.1. The monoisotopic (exact) mass is 286 g/mol. The van der Waals surface area contributed by atoms with Gasteiger partial charge in [-0.15, -0.1) is 0 Å². The van der Waals surface area contributed by atoms with Gasteiger partial charge in [0.2, 0.25) is 0 Å². The predicted octanol–water partition coefficient (Wildman–Crippen LogP) is 2.41. The molecule has 0 saturated heterocycles. The van der Waals surface area contributed by atoms with E-state index in [1.807, 2.05) is 25.1 Å². The average Bonchev–Trinajstić information content (AvgIpc) is 2.50. The van der Waals surface area contributed by atoms with Gasteiger partial charge in [0.05, 0.1) is 29.6 Å². The molecule has 0 bridgehead atoms. The van der Waals surface area contributed by atoms with Crippen molar-refractivity contribution in [2.24, 2.45) is 0 Å². The molecular weight excluding hydrogens is 268 g/mol. The van der Waals surface area contributed by atoms with Gasteiger partial charge >= 0.3 is 5.97 Å². The zero-order valence-electron chi connectivity index (χ0n) is 12.0. The summed E-state index contributed by atoms with van der Waals surface area (Å²) in [5.74, 6) is -0.00959. The van der Waals surface area contributed by atoms with Gasteiger partial charge in [-0.1, -0.05) is 6.07 Å². The van der Waals surface area contributed by atoms with Crippen LogP contribution in [0.3, 0.4) is 0 Å². The fourth-order valence-corrected chi connectivity index (χ4v) is 1.89. The Morgan fingerprint density at radius 2 is 2.14 bits per heavy atom. The van der Waals surface area contributed by atoms with Gasteiger partial charge in [-0.2, -0.15) is 0 Å². The summed E-state index contributed by atoms with van der Waals surface area (Å²) in [4.78, 5) is 20.2. The van der Waals surface area contributed by atoms with Crippen LogP contribution < -0.4 is 11.1 Å². The number of nitrogens with two attached hydrogens (primary N) is 1. The van der Waals surface area contributed by atoms with Crippen LogP contribution in [0.15, 0.2) is 36.7 Å². The maximum absolute atomic E-state index is 11.8. The minimum atomic E-state index is -0.453. The van der Waals surface area contributed by atoms with E-state index in [4.69, 9.17) is 10.5 Å². The maximum atomic E-state index is 11.8. The van der Waals surface area contributed by atoms with Gasteiger partial charge in [0.25, 0.3) is 0 Å². The quantitative estimate of drug-likeness (QED) is 0.820. The number of nitrogens with zero attached hydrogens (tertiary/aromatic N) is 2. The number of nitrogen functional groups attached to an aromatic ring is 1. The van der Waals surface area contributed by atoms with E-state index in [0.717, 1.165) is 5.69 Å². The van der Waals surface area contributed by atoms with Crippen molar-refractivity contribution in [3.63, 3.8) is 0 Å². The Morgan fingerprint density at radius 1 is 1.33 bits per heavy atom. The number of rotatable bonds is 5. The summed E-state index contributed by atoms with van der Waals surface area (Å²) < 4.78 is 4.97. The van der Waals surface area contributed by atoms with E-state index in [9.17, 15) is 4.79 Å². The number of carbonyl (C=O) groups excluding carboxylic acids is 1. The Hall–Kier alpha value is -2.63. The Kier molecular flexibility index (Phi) is 4.71. The number of ether oxygens (including phenoxy) is 1. The van der Waals surface area contributed by atoms with Crippen LogP contribution in [0.5, 0.6) is 0 Å². The van der Waals surface area contributed by atoms with E-state index in [1.165, 1.54) is 6.20 Å². The molecular formula is C15H18N4O2. The van der Waals surface area contributed by atoms with Gasteiger partial charge in [-0.05, 0) is 32.0 Å². The highest BCUT2D eigenvalue weighted by Gasteiger charge is 2.16. The van der Waals surface area contributed by atoms with Crippen LogP contribution in [0, 0.1) is 0 Å². The van der Waals surface area contributed by atoms with E-state index in [-0.39, 0.29) is 11.7 Å². The number of aromatic nitrogens is 2. The molecule has 0 spiro atoms. The fourth-order valence-electron chi connectivity index (χ4n) is 1.89. The summed E-state index contributed by atoms with van der Waals surface area (Å²) in [6, 6.07) is 7.13. The van der Waals surface area contributed by atoms with Crippen molar-refractivity contribution >= 4 is 17.5 Å². The van der Waals surface area contributed by atoms with Crippen LogP contribution >= 0.6 is 0 Å². The van der Waals surface area contributed by atoms with E-state index >= 15 is 0 Å². The molecule has 1 atom stereocenters. The molecule has 0 radical (unpaired) electrons. The first-order valence-corrected chi connectivity index (χ1v) is 6.72. The van der Waals surface area contributed by atoms with Crippen LogP contribution in [0.4, 0.5) is 11.5 Å². The molecule has 0 amide bonds. The Balaban J connectivity index is 2.21. The van der Waals surface area contributed by atoms with Crippen LogP contribution in [-0.4, -0.2) is 22.5 Å². The topological polar surface area (TPSA) is 90.1 Å². The highest BCUT2D eigenvalue weighted by molar-refractivity contribution is 5.97. The van der Waals surface area contributed by atoms with Gasteiger partial charge in [-0.25, -0.2) is 9.78 Å². The average molecular weight is 286 g/mol. The second kappa shape index (κ2) is 6.69. The van der Waals surface area contributed by atoms with Crippen molar-refractivity contribution in [3.8, 4) is 0 Å². The van der Waals surface area contributed by atoms with Gasteiger partial charge in [0.15, 0.2) is 5.82 Å². The van der Waals surface area contributed by atoms with Crippen LogP contribution in [-0.2, 0) is 4.74 Å². The Labute approximate surface area is 123 Å². The SMILES string of the molecule is CCOC(=O)c1ccnc(NC(C)c2ccccn2)c1N. The lowest BCUT2D eigenvalue weighted by molar-refractivity contribution is 0.0527. The normalized spacial score (nSPS) is 11.7. The van der Waals surface area contributed by atoms with Gasteiger partial charge < -0.3 is 15.8 Å². The third-order valence-electron chi connectivity index (χ3n) is 2.97. The lowest BCUT2D eigenvalue weighted by Gasteiger charge is -2.16. The molecule has 2 heterocycles. The third-order valence-corrected chi connectivity index (χ3v) is 2.97. The molecule has 21 heavy (non-hydrogen) atoms. The lowest BCUT2D eigenvalue weighted by Crippen LogP contribution is -2.14. The van der Waals surface area contributed by atoms with Crippen LogP contribution in [0.1, 0.15) is 35.9 Å². The molecule has 2 aromatic rings.